The fraction of sp³-hybridized carbons (Fsp3) is 0.500. The Morgan fingerprint density at radius 2 is 2.31 bits per heavy atom. The lowest BCUT2D eigenvalue weighted by Gasteiger charge is -2.33. The molecule has 2 heterocycles. The van der Waals surface area contributed by atoms with Crippen molar-refractivity contribution in [1.82, 2.24) is 9.88 Å². The van der Waals surface area contributed by atoms with E-state index in [0.717, 1.165) is 25.8 Å². The lowest BCUT2D eigenvalue weighted by molar-refractivity contribution is 0.0634. The summed E-state index contributed by atoms with van der Waals surface area (Å²) in [6.45, 7) is 2.79. The number of aromatic amines is 1. The van der Waals surface area contributed by atoms with E-state index < -0.39 is 0 Å². The molecule has 1 aliphatic heterocycles. The van der Waals surface area contributed by atoms with Crippen molar-refractivity contribution in [2.75, 3.05) is 6.54 Å². The van der Waals surface area contributed by atoms with Crippen LogP contribution >= 0.6 is 0 Å². The van der Waals surface area contributed by atoms with Crippen molar-refractivity contribution >= 4 is 5.91 Å². The summed E-state index contributed by atoms with van der Waals surface area (Å²) in [5, 5.41) is 0. The Balaban J connectivity index is 2.25. The predicted molar refractivity (Wildman–Crippen MR) is 61.4 cm³/mol. The number of H-pyrrole nitrogens is 1. The first kappa shape index (κ1) is 10.9. The van der Waals surface area contributed by atoms with E-state index in [2.05, 4.69) is 4.98 Å². The molecular formula is C12H16N2O2. The molecule has 1 aliphatic rings. The highest BCUT2D eigenvalue weighted by atomic mass is 16.2. The largest absolute Gasteiger partial charge is 0.367 e. The molecule has 1 aromatic rings. The summed E-state index contributed by atoms with van der Waals surface area (Å²) in [5.41, 5.74) is 0.0396. The van der Waals surface area contributed by atoms with Gasteiger partial charge in [0.15, 0.2) is 5.43 Å². The molecule has 16 heavy (non-hydrogen) atoms. The van der Waals surface area contributed by atoms with Crippen LogP contribution in [0, 0.1) is 0 Å². The minimum Gasteiger partial charge on any atom is -0.367 e. The molecule has 0 spiro atoms. The fourth-order valence-corrected chi connectivity index (χ4v) is 2.14. The van der Waals surface area contributed by atoms with Gasteiger partial charge < -0.3 is 9.88 Å². The van der Waals surface area contributed by atoms with Crippen LogP contribution in [-0.2, 0) is 0 Å². The number of nitrogens with zero attached hydrogens (tertiary/aromatic N) is 1. The van der Waals surface area contributed by atoms with Gasteiger partial charge in [0, 0.05) is 31.0 Å². The maximum atomic E-state index is 12.1. The molecule has 1 N–H and O–H groups in total. The number of likely N-dealkylation sites (tertiary alicyclic amines) is 1. The third-order valence-electron chi connectivity index (χ3n) is 3.12. The van der Waals surface area contributed by atoms with Gasteiger partial charge in [-0.2, -0.15) is 0 Å². The molecule has 1 atom stereocenters. The first-order chi connectivity index (χ1) is 7.70. The molecule has 1 fully saturated rings. The summed E-state index contributed by atoms with van der Waals surface area (Å²) >= 11 is 0. The molecule has 4 heteroatoms. The molecule has 0 bridgehead atoms. The third-order valence-corrected chi connectivity index (χ3v) is 3.12. The van der Waals surface area contributed by atoms with Crippen molar-refractivity contribution in [3.05, 3.63) is 34.2 Å². The summed E-state index contributed by atoms with van der Waals surface area (Å²) in [6, 6.07) is 1.63. The molecule has 1 aromatic heterocycles. The van der Waals surface area contributed by atoms with Crippen molar-refractivity contribution in [1.29, 1.82) is 0 Å². The van der Waals surface area contributed by atoms with Crippen LogP contribution < -0.4 is 5.43 Å². The van der Waals surface area contributed by atoms with Gasteiger partial charge in [-0.15, -0.1) is 0 Å². The number of carbonyl (C=O) groups is 1. The predicted octanol–water partition coefficient (Wildman–Crippen LogP) is 1.39. The second-order valence-electron chi connectivity index (χ2n) is 4.27. The monoisotopic (exact) mass is 220 g/mol. The molecule has 2 rings (SSSR count). The lowest BCUT2D eigenvalue weighted by atomic mass is 10.0. The topological polar surface area (TPSA) is 53.2 Å². The van der Waals surface area contributed by atoms with E-state index in [0.29, 0.717) is 0 Å². The van der Waals surface area contributed by atoms with E-state index in [9.17, 15) is 9.59 Å². The van der Waals surface area contributed by atoms with Gasteiger partial charge in [-0.25, -0.2) is 0 Å². The van der Waals surface area contributed by atoms with E-state index in [1.165, 1.54) is 12.3 Å². The lowest BCUT2D eigenvalue weighted by Crippen LogP contribution is -2.43. The normalized spacial score (nSPS) is 20.8. The SMILES string of the molecule is CC1CCCCN1C(=O)c1c[nH]ccc1=O. The fourth-order valence-electron chi connectivity index (χ4n) is 2.14. The Labute approximate surface area is 94.3 Å². The molecule has 0 aromatic carbocycles. The number of pyridine rings is 1. The molecular weight excluding hydrogens is 204 g/mol. The van der Waals surface area contributed by atoms with Gasteiger partial charge in [0.25, 0.3) is 5.91 Å². The van der Waals surface area contributed by atoms with Crippen LogP contribution in [0.25, 0.3) is 0 Å². The maximum absolute atomic E-state index is 12.1. The standard InChI is InChI=1S/C12H16N2O2/c1-9-4-2-3-7-14(9)12(16)10-8-13-6-5-11(10)15/h5-6,8-9H,2-4,7H2,1H3,(H,13,15). The number of piperidine rings is 1. The van der Waals surface area contributed by atoms with Crippen molar-refractivity contribution in [2.24, 2.45) is 0 Å². The van der Waals surface area contributed by atoms with Gasteiger partial charge in [0.2, 0.25) is 0 Å². The molecule has 1 amide bonds. The average Bonchev–Trinajstić information content (AvgIpc) is 2.29. The van der Waals surface area contributed by atoms with Gasteiger partial charge in [0.05, 0.1) is 0 Å². The minimum atomic E-state index is -0.207. The van der Waals surface area contributed by atoms with Gasteiger partial charge >= 0.3 is 0 Å². The van der Waals surface area contributed by atoms with Gasteiger partial charge in [-0.1, -0.05) is 0 Å². The van der Waals surface area contributed by atoms with E-state index in [1.54, 1.807) is 11.1 Å². The molecule has 1 saturated heterocycles. The third kappa shape index (κ3) is 2.01. The Hall–Kier alpha value is -1.58. The van der Waals surface area contributed by atoms with Crippen molar-refractivity contribution in [2.45, 2.75) is 32.2 Å². The van der Waals surface area contributed by atoms with Gasteiger partial charge in [-0.05, 0) is 26.2 Å². The zero-order valence-corrected chi connectivity index (χ0v) is 9.40. The number of carbonyl (C=O) groups excluding carboxylic acids is 1. The Morgan fingerprint density at radius 1 is 1.50 bits per heavy atom. The summed E-state index contributed by atoms with van der Waals surface area (Å²) in [7, 11) is 0. The van der Waals surface area contributed by atoms with Crippen molar-refractivity contribution in [3.63, 3.8) is 0 Å². The van der Waals surface area contributed by atoms with Crippen molar-refractivity contribution in [3.8, 4) is 0 Å². The Kier molecular flexibility index (Phi) is 3.08. The van der Waals surface area contributed by atoms with E-state index >= 15 is 0 Å². The van der Waals surface area contributed by atoms with Crippen LogP contribution in [0.5, 0.6) is 0 Å². The summed E-state index contributed by atoms with van der Waals surface area (Å²) in [6.07, 6.45) is 6.25. The zero-order chi connectivity index (χ0) is 11.5. The Morgan fingerprint density at radius 3 is 3.00 bits per heavy atom. The van der Waals surface area contributed by atoms with Crippen LogP contribution in [0.15, 0.2) is 23.3 Å². The second kappa shape index (κ2) is 4.51. The first-order valence-corrected chi connectivity index (χ1v) is 5.68. The maximum Gasteiger partial charge on any atom is 0.259 e. The van der Waals surface area contributed by atoms with Crippen LogP contribution in [0.4, 0.5) is 0 Å². The van der Waals surface area contributed by atoms with Gasteiger partial charge in [-0.3, -0.25) is 9.59 Å². The number of amides is 1. The Bertz CT molecular complexity index is 439. The summed E-state index contributed by atoms with van der Waals surface area (Å²) in [4.78, 5) is 28.3. The van der Waals surface area contributed by atoms with Crippen LogP contribution in [0.2, 0.25) is 0 Å². The van der Waals surface area contributed by atoms with Crippen molar-refractivity contribution < 1.29 is 4.79 Å². The first-order valence-electron chi connectivity index (χ1n) is 5.68. The number of rotatable bonds is 1. The zero-order valence-electron chi connectivity index (χ0n) is 9.40. The van der Waals surface area contributed by atoms with E-state index in [-0.39, 0.29) is 22.9 Å². The summed E-state index contributed by atoms with van der Waals surface area (Å²) in [5.74, 6) is -0.144. The van der Waals surface area contributed by atoms with E-state index in [4.69, 9.17) is 0 Å². The molecule has 86 valence electrons. The van der Waals surface area contributed by atoms with Crippen LogP contribution in [0.1, 0.15) is 36.5 Å². The molecule has 0 radical (unpaired) electrons. The minimum absolute atomic E-state index is 0.144. The van der Waals surface area contributed by atoms with Gasteiger partial charge in [0.1, 0.15) is 5.56 Å². The highest BCUT2D eigenvalue weighted by Gasteiger charge is 2.25. The molecule has 0 saturated carbocycles. The number of hydrogen-bond donors (Lipinski definition) is 1. The smallest absolute Gasteiger partial charge is 0.259 e. The molecule has 0 aliphatic carbocycles. The number of nitrogens with one attached hydrogen (secondary N) is 1. The van der Waals surface area contributed by atoms with Crippen LogP contribution in [0.3, 0.4) is 0 Å². The average molecular weight is 220 g/mol. The van der Waals surface area contributed by atoms with E-state index in [1.807, 2.05) is 6.92 Å². The number of hydrogen-bond acceptors (Lipinski definition) is 2. The quantitative estimate of drug-likeness (QED) is 0.777. The summed E-state index contributed by atoms with van der Waals surface area (Å²) < 4.78 is 0. The highest BCUT2D eigenvalue weighted by molar-refractivity contribution is 5.94. The van der Waals surface area contributed by atoms with Crippen LogP contribution in [-0.4, -0.2) is 28.4 Å². The highest BCUT2D eigenvalue weighted by Crippen LogP contribution is 2.17. The second-order valence-corrected chi connectivity index (χ2v) is 4.27. The molecule has 1 unspecified atom stereocenters. The molecule has 4 nitrogen and oxygen atoms in total. The number of aromatic nitrogens is 1.